The molecule has 0 fully saturated rings. The van der Waals surface area contributed by atoms with Crippen molar-refractivity contribution in [2.75, 3.05) is 18.4 Å². The third kappa shape index (κ3) is 5.45. The topological polar surface area (TPSA) is 79.8 Å². The van der Waals surface area contributed by atoms with Crippen LogP contribution in [0.15, 0.2) is 30.7 Å². The number of halogens is 4. The minimum absolute atomic E-state index is 0.0793. The van der Waals surface area contributed by atoms with Gasteiger partial charge in [0.25, 0.3) is 0 Å². The zero-order valence-electron chi connectivity index (χ0n) is 12.3. The Bertz CT molecular complexity index is 693. The van der Waals surface area contributed by atoms with Gasteiger partial charge in [0, 0.05) is 30.9 Å². The van der Waals surface area contributed by atoms with E-state index in [4.69, 9.17) is 0 Å². The average molecular weight is 343 g/mol. The van der Waals surface area contributed by atoms with Crippen LogP contribution in [0.25, 0.3) is 11.4 Å². The number of hydrogen-bond acceptors (Lipinski definition) is 5. The maximum Gasteiger partial charge on any atom is 0.405 e. The molecule has 0 aliphatic carbocycles. The zero-order chi connectivity index (χ0) is 17.6. The van der Waals surface area contributed by atoms with E-state index in [9.17, 15) is 22.4 Å². The molecule has 0 atom stereocenters. The van der Waals surface area contributed by atoms with Gasteiger partial charge >= 0.3 is 6.18 Å². The highest BCUT2D eigenvalue weighted by atomic mass is 19.4. The summed E-state index contributed by atoms with van der Waals surface area (Å²) in [7, 11) is 0. The molecule has 0 aliphatic heterocycles. The minimum atomic E-state index is -4.47. The molecule has 0 unspecified atom stereocenters. The number of anilines is 1. The number of rotatable bonds is 6. The van der Waals surface area contributed by atoms with E-state index in [0.717, 1.165) is 6.20 Å². The number of aromatic nitrogens is 3. The third-order valence-electron chi connectivity index (χ3n) is 2.79. The van der Waals surface area contributed by atoms with Crippen LogP contribution in [-0.2, 0) is 4.79 Å². The van der Waals surface area contributed by atoms with E-state index in [1.54, 1.807) is 23.6 Å². The normalized spacial score (nSPS) is 11.2. The summed E-state index contributed by atoms with van der Waals surface area (Å²) in [5.41, 5.74) is 0.573. The molecular formula is C14H13F4N5O. The second kappa shape index (κ2) is 7.66. The van der Waals surface area contributed by atoms with Crippen LogP contribution in [0.3, 0.4) is 0 Å². The first kappa shape index (κ1) is 17.6. The van der Waals surface area contributed by atoms with Gasteiger partial charge in [-0.05, 0) is 12.1 Å². The lowest BCUT2D eigenvalue weighted by Crippen LogP contribution is -2.34. The fourth-order valence-electron chi connectivity index (χ4n) is 1.71. The van der Waals surface area contributed by atoms with Gasteiger partial charge in [-0.15, -0.1) is 0 Å². The Balaban J connectivity index is 1.92. The standard InChI is InChI=1S/C14H13F4N5O/c15-10-7-21-12(9-2-1-4-19-6-9)23-13(10)20-5-3-11(24)22-8-14(16,17)18/h1-2,4,6-7H,3,5,8H2,(H,22,24)(H,20,21,23). The van der Waals surface area contributed by atoms with Crippen molar-refractivity contribution in [2.45, 2.75) is 12.6 Å². The average Bonchev–Trinajstić information content (AvgIpc) is 2.55. The highest BCUT2D eigenvalue weighted by molar-refractivity contribution is 5.76. The number of carbonyl (C=O) groups excluding carboxylic acids is 1. The lowest BCUT2D eigenvalue weighted by Gasteiger charge is -2.10. The number of pyridine rings is 1. The summed E-state index contributed by atoms with van der Waals surface area (Å²) in [5, 5.41) is 4.28. The number of nitrogens with one attached hydrogen (secondary N) is 2. The molecule has 2 N–H and O–H groups in total. The molecule has 1 amide bonds. The molecule has 2 aromatic rings. The van der Waals surface area contributed by atoms with Gasteiger partial charge in [-0.3, -0.25) is 9.78 Å². The Morgan fingerprint density at radius 1 is 1.25 bits per heavy atom. The second-order valence-electron chi connectivity index (χ2n) is 4.70. The van der Waals surface area contributed by atoms with E-state index in [2.05, 4.69) is 20.3 Å². The van der Waals surface area contributed by atoms with E-state index < -0.39 is 24.4 Å². The summed E-state index contributed by atoms with van der Waals surface area (Å²) in [6, 6.07) is 3.36. The van der Waals surface area contributed by atoms with E-state index >= 15 is 0 Å². The van der Waals surface area contributed by atoms with Gasteiger partial charge < -0.3 is 10.6 Å². The van der Waals surface area contributed by atoms with Crippen LogP contribution in [0, 0.1) is 5.82 Å². The second-order valence-corrected chi connectivity index (χ2v) is 4.70. The summed E-state index contributed by atoms with van der Waals surface area (Å²) in [4.78, 5) is 23.0. The number of hydrogen-bond donors (Lipinski definition) is 2. The monoisotopic (exact) mass is 343 g/mol. The molecule has 0 aromatic carbocycles. The molecule has 2 rings (SSSR count). The molecule has 0 saturated carbocycles. The van der Waals surface area contributed by atoms with Crippen molar-refractivity contribution in [3.63, 3.8) is 0 Å². The van der Waals surface area contributed by atoms with Gasteiger partial charge in [-0.25, -0.2) is 14.4 Å². The first-order chi connectivity index (χ1) is 11.3. The molecule has 128 valence electrons. The van der Waals surface area contributed by atoms with Crippen LogP contribution in [0.2, 0.25) is 0 Å². The van der Waals surface area contributed by atoms with Crippen molar-refractivity contribution in [1.82, 2.24) is 20.3 Å². The molecular weight excluding hydrogens is 330 g/mol. The fourth-order valence-corrected chi connectivity index (χ4v) is 1.71. The van der Waals surface area contributed by atoms with Gasteiger partial charge in [0.2, 0.25) is 5.91 Å². The van der Waals surface area contributed by atoms with Gasteiger partial charge in [0.15, 0.2) is 17.5 Å². The molecule has 0 aliphatic rings. The van der Waals surface area contributed by atoms with Gasteiger partial charge in [-0.2, -0.15) is 13.2 Å². The lowest BCUT2D eigenvalue weighted by molar-refractivity contribution is -0.138. The Morgan fingerprint density at radius 2 is 2.04 bits per heavy atom. The number of amides is 1. The minimum Gasteiger partial charge on any atom is -0.367 e. The van der Waals surface area contributed by atoms with E-state index in [0.29, 0.717) is 5.56 Å². The summed E-state index contributed by atoms with van der Waals surface area (Å²) in [5.74, 6) is -1.46. The first-order valence-electron chi connectivity index (χ1n) is 6.85. The molecule has 2 heterocycles. The predicted molar refractivity (Wildman–Crippen MR) is 77.4 cm³/mol. The van der Waals surface area contributed by atoms with Crippen molar-refractivity contribution in [3.05, 3.63) is 36.5 Å². The van der Waals surface area contributed by atoms with Gasteiger partial charge in [-0.1, -0.05) is 0 Å². The molecule has 0 radical (unpaired) electrons. The summed E-state index contributed by atoms with van der Waals surface area (Å²) < 4.78 is 49.5. The van der Waals surface area contributed by atoms with E-state index in [-0.39, 0.29) is 24.6 Å². The summed E-state index contributed by atoms with van der Waals surface area (Å²) in [6.07, 6.45) is -0.711. The smallest absolute Gasteiger partial charge is 0.367 e. The third-order valence-corrected chi connectivity index (χ3v) is 2.79. The largest absolute Gasteiger partial charge is 0.405 e. The van der Waals surface area contributed by atoms with Crippen LogP contribution in [0.1, 0.15) is 6.42 Å². The molecule has 2 aromatic heterocycles. The Labute approximate surface area is 134 Å². The van der Waals surface area contributed by atoms with Crippen LogP contribution in [0.4, 0.5) is 23.4 Å². The predicted octanol–water partition coefficient (Wildman–Crippen LogP) is 2.16. The van der Waals surface area contributed by atoms with Crippen LogP contribution < -0.4 is 10.6 Å². The lowest BCUT2D eigenvalue weighted by atomic mass is 10.2. The Hall–Kier alpha value is -2.78. The molecule has 24 heavy (non-hydrogen) atoms. The van der Waals surface area contributed by atoms with Crippen LogP contribution in [-0.4, -0.2) is 40.1 Å². The van der Waals surface area contributed by atoms with Crippen molar-refractivity contribution in [1.29, 1.82) is 0 Å². The molecule has 0 bridgehead atoms. The number of carbonyl (C=O) groups is 1. The van der Waals surface area contributed by atoms with Crippen LogP contribution >= 0.6 is 0 Å². The van der Waals surface area contributed by atoms with Crippen molar-refractivity contribution < 1.29 is 22.4 Å². The van der Waals surface area contributed by atoms with Gasteiger partial charge in [0.05, 0.1) is 6.20 Å². The molecule has 10 heteroatoms. The van der Waals surface area contributed by atoms with Crippen molar-refractivity contribution in [2.24, 2.45) is 0 Å². The van der Waals surface area contributed by atoms with E-state index in [1.807, 2.05) is 0 Å². The molecule has 0 spiro atoms. The van der Waals surface area contributed by atoms with Crippen LogP contribution in [0.5, 0.6) is 0 Å². The maximum absolute atomic E-state index is 13.7. The quantitative estimate of drug-likeness (QED) is 0.786. The van der Waals surface area contributed by atoms with Gasteiger partial charge in [0.1, 0.15) is 6.54 Å². The molecule has 6 nitrogen and oxygen atoms in total. The zero-order valence-corrected chi connectivity index (χ0v) is 12.3. The number of nitrogens with zero attached hydrogens (tertiary/aromatic N) is 3. The Morgan fingerprint density at radius 3 is 2.71 bits per heavy atom. The van der Waals surface area contributed by atoms with Crippen molar-refractivity contribution >= 4 is 11.7 Å². The SMILES string of the molecule is O=C(CCNc1nc(-c2cccnc2)ncc1F)NCC(F)(F)F. The highest BCUT2D eigenvalue weighted by Crippen LogP contribution is 2.17. The Kier molecular flexibility index (Phi) is 5.61. The first-order valence-corrected chi connectivity index (χ1v) is 6.85. The highest BCUT2D eigenvalue weighted by Gasteiger charge is 2.27. The summed E-state index contributed by atoms with van der Waals surface area (Å²) >= 11 is 0. The number of alkyl halides is 3. The van der Waals surface area contributed by atoms with Crippen molar-refractivity contribution in [3.8, 4) is 11.4 Å². The fraction of sp³-hybridized carbons (Fsp3) is 0.286. The maximum atomic E-state index is 13.7. The van der Waals surface area contributed by atoms with E-state index in [1.165, 1.54) is 6.20 Å². The summed E-state index contributed by atoms with van der Waals surface area (Å²) in [6.45, 7) is -1.48. The molecule has 0 saturated heterocycles.